The first-order valence-electron chi connectivity index (χ1n) is 22.3. The fourth-order valence-corrected chi connectivity index (χ4v) is 7.48. The van der Waals surface area contributed by atoms with E-state index >= 15 is 0 Å². The topological polar surface area (TPSA) is 145 Å². The van der Waals surface area contributed by atoms with Crippen molar-refractivity contribution in [3.05, 3.63) is 0 Å². The third-order valence-corrected chi connectivity index (χ3v) is 11.0. The summed E-state index contributed by atoms with van der Waals surface area (Å²) in [6.45, 7) is 5.98. The van der Waals surface area contributed by atoms with Crippen LogP contribution in [-0.4, -0.2) is 81.8 Å². The van der Waals surface area contributed by atoms with E-state index < -0.39 is 49.1 Å². The molecular weight excluding hydrogens is 654 g/mol. The van der Waals surface area contributed by atoms with Gasteiger partial charge in [-0.15, -0.1) is 0 Å². The van der Waals surface area contributed by atoms with Crippen LogP contribution in [0.1, 0.15) is 213 Å². The first kappa shape index (κ1) is 48.8. The summed E-state index contributed by atoms with van der Waals surface area (Å²) in [6, 6.07) is -1.90. The van der Waals surface area contributed by atoms with Crippen molar-refractivity contribution in [2.75, 3.05) is 13.2 Å². The van der Waals surface area contributed by atoms with E-state index in [1.165, 1.54) is 148 Å². The number of unbranched alkanes of at least 4 members (excludes halogenated alkanes) is 27. The zero-order valence-corrected chi connectivity index (χ0v) is 34.2. The SMILES string of the molecule is CCCCCCCCCCCCCCCCCCN(C(=O)CCCCCCCCCCCCCCC)[C@@H]1O[C@H](CO)[C@@H](O)[C@H](O)[C@H]1NC(=O)[C@H](C)N. The maximum Gasteiger partial charge on any atom is 0.237 e. The molecule has 6 atom stereocenters. The molecule has 0 spiro atoms. The highest BCUT2D eigenvalue weighted by Gasteiger charge is 2.48. The molecule has 0 bridgehead atoms. The van der Waals surface area contributed by atoms with Crippen LogP contribution < -0.4 is 11.1 Å². The lowest BCUT2D eigenvalue weighted by atomic mass is 9.94. The van der Waals surface area contributed by atoms with Crippen LogP contribution in [0.3, 0.4) is 0 Å². The highest BCUT2D eigenvalue weighted by molar-refractivity contribution is 5.81. The standard InChI is InChI=1S/C43H85N3O6/c1-4-6-8-10-12-14-16-18-19-20-22-24-26-28-30-32-34-46(38(48)33-31-29-27-25-23-21-17-15-13-11-9-7-5-2)43-39(45-42(51)36(3)44)41(50)40(49)37(35-47)52-43/h36-37,39-41,43,47,49-50H,4-35,44H2,1-3H3,(H,45,51)/t36-,37+,39+,40+,41+,43+/m0/s1. The molecule has 1 aliphatic heterocycles. The molecule has 0 unspecified atom stereocenters. The molecule has 0 aromatic carbocycles. The number of nitrogens with two attached hydrogens (primary N) is 1. The summed E-state index contributed by atoms with van der Waals surface area (Å²) in [7, 11) is 0. The fraction of sp³-hybridized carbons (Fsp3) is 0.953. The van der Waals surface area contributed by atoms with Gasteiger partial charge in [0, 0.05) is 13.0 Å². The van der Waals surface area contributed by atoms with Crippen LogP contribution in [0.15, 0.2) is 0 Å². The number of hydrogen-bond acceptors (Lipinski definition) is 7. The zero-order valence-electron chi connectivity index (χ0n) is 34.2. The van der Waals surface area contributed by atoms with Crippen LogP contribution in [0.5, 0.6) is 0 Å². The number of nitrogens with zero attached hydrogens (tertiary/aromatic N) is 1. The summed E-state index contributed by atoms with van der Waals surface area (Å²) < 4.78 is 6.08. The molecule has 0 aliphatic carbocycles. The average molecular weight is 740 g/mol. The van der Waals surface area contributed by atoms with Crippen molar-refractivity contribution in [3.63, 3.8) is 0 Å². The number of carbonyl (C=O) groups is 2. The Morgan fingerprint density at radius 3 is 1.35 bits per heavy atom. The molecule has 9 nitrogen and oxygen atoms in total. The van der Waals surface area contributed by atoms with E-state index in [2.05, 4.69) is 19.2 Å². The van der Waals surface area contributed by atoms with Gasteiger partial charge < -0.3 is 36.0 Å². The Bertz CT molecular complexity index is 846. The molecular formula is C43H85N3O6. The molecule has 2 amide bonds. The number of nitrogens with one attached hydrogen (secondary N) is 1. The fourth-order valence-electron chi connectivity index (χ4n) is 7.48. The first-order valence-corrected chi connectivity index (χ1v) is 22.3. The van der Waals surface area contributed by atoms with E-state index in [0.29, 0.717) is 13.0 Å². The average Bonchev–Trinajstić information content (AvgIpc) is 3.13. The third kappa shape index (κ3) is 22.8. The zero-order chi connectivity index (χ0) is 38.2. The maximum atomic E-state index is 13.8. The molecule has 1 rings (SSSR count). The normalized spacial score (nSPS) is 20.9. The molecule has 1 saturated heterocycles. The minimum absolute atomic E-state index is 0.0886. The molecule has 0 radical (unpaired) electrons. The van der Waals surface area contributed by atoms with Crippen LogP contribution in [0, 0.1) is 0 Å². The van der Waals surface area contributed by atoms with E-state index in [1.807, 2.05) is 0 Å². The van der Waals surface area contributed by atoms with E-state index in [9.17, 15) is 24.9 Å². The highest BCUT2D eigenvalue weighted by atomic mass is 16.5. The number of amides is 2. The second-order valence-corrected chi connectivity index (χ2v) is 15.9. The minimum Gasteiger partial charge on any atom is -0.394 e. The van der Waals surface area contributed by atoms with E-state index in [-0.39, 0.29) is 5.91 Å². The third-order valence-electron chi connectivity index (χ3n) is 11.0. The van der Waals surface area contributed by atoms with Gasteiger partial charge in [-0.1, -0.05) is 187 Å². The molecule has 9 heteroatoms. The van der Waals surface area contributed by atoms with Crippen LogP contribution in [0.25, 0.3) is 0 Å². The van der Waals surface area contributed by atoms with Gasteiger partial charge >= 0.3 is 0 Å². The van der Waals surface area contributed by atoms with Gasteiger partial charge in [-0.3, -0.25) is 9.59 Å². The Labute approximate surface area is 320 Å². The Morgan fingerprint density at radius 1 is 0.615 bits per heavy atom. The lowest BCUT2D eigenvalue weighted by Crippen LogP contribution is -2.69. The number of hydrogen-bond donors (Lipinski definition) is 5. The maximum absolute atomic E-state index is 13.8. The van der Waals surface area contributed by atoms with Crippen molar-refractivity contribution in [1.82, 2.24) is 10.2 Å². The van der Waals surface area contributed by atoms with Gasteiger partial charge in [-0.25, -0.2) is 0 Å². The Kier molecular flexibility index (Phi) is 31.0. The number of ether oxygens (including phenoxy) is 1. The molecule has 1 heterocycles. The number of aliphatic hydroxyl groups excluding tert-OH is 3. The van der Waals surface area contributed by atoms with Crippen molar-refractivity contribution in [1.29, 1.82) is 0 Å². The summed E-state index contributed by atoms with van der Waals surface area (Å²) in [5.41, 5.74) is 5.82. The summed E-state index contributed by atoms with van der Waals surface area (Å²) >= 11 is 0. The van der Waals surface area contributed by atoms with Crippen molar-refractivity contribution in [2.24, 2.45) is 5.73 Å². The van der Waals surface area contributed by atoms with Crippen LogP contribution in [0.2, 0.25) is 0 Å². The smallest absolute Gasteiger partial charge is 0.237 e. The van der Waals surface area contributed by atoms with Gasteiger partial charge in [-0.05, 0) is 19.8 Å². The van der Waals surface area contributed by atoms with Crippen LogP contribution in [-0.2, 0) is 14.3 Å². The van der Waals surface area contributed by atoms with Gasteiger partial charge in [0.2, 0.25) is 11.8 Å². The molecule has 1 fully saturated rings. The molecule has 6 N–H and O–H groups in total. The highest BCUT2D eigenvalue weighted by Crippen LogP contribution is 2.26. The van der Waals surface area contributed by atoms with Crippen molar-refractivity contribution < 1.29 is 29.6 Å². The molecule has 0 aromatic heterocycles. The quantitative estimate of drug-likeness (QED) is 0.0409. The van der Waals surface area contributed by atoms with Crippen molar-refractivity contribution in [3.8, 4) is 0 Å². The minimum atomic E-state index is -1.42. The van der Waals surface area contributed by atoms with Gasteiger partial charge in [0.05, 0.1) is 12.6 Å². The number of carbonyl (C=O) groups excluding carboxylic acids is 2. The van der Waals surface area contributed by atoms with E-state index in [1.54, 1.807) is 11.8 Å². The summed E-state index contributed by atoms with van der Waals surface area (Å²) in [6.07, 6.45) is 31.5. The summed E-state index contributed by atoms with van der Waals surface area (Å²) in [5, 5.41) is 34.3. The largest absolute Gasteiger partial charge is 0.394 e. The van der Waals surface area contributed by atoms with Gasteiger partial charge in [0.25, 0.3) is 0 Å². The second kappa shape index (κ2) is 33.1. The van der Waals surface area contributed by atoms with Crippen LogP contribution >= 0.6 is 0 Å². The predicted octanol–water partition coefficient (Wildman–Crippen LogP) is 8.83. The summed E-state index contributed by atoms with van der Waals surface area (Å²) in [5.74, 6) is -0.590. The molecule has 0 aromatic rings. The van der Waals surface area contributed by atoms with Gasteiger partial charge in [-0.2, -0.15) is 0 Å². The first-order chi connectivity index (χ1) is 25.3. The van der Waals surface area contributed by atoms with Crippen LogP contribution in [0.4, 0.5) is 0 Å². The number of aliphatic hydroxyl groups is 3. The van der Waals surface area contributed by atoms with Crippen molar-refractivity contribution >= 4 is 11.8 Å². The van der Waals surface area contributed by atoms with Gasteiger partial charge in [0.15, 0.2) is 6.23 Å². The Morgan fingerprint density at radius 2 is 0.981 bits per heavy atom. The monoisotopic (exact) mass is 740 g/mol. The lowest BCUT2D eigenvalue weighted by Gasteiger charge is -2.47. The van der Waals surface area contributed by atoms with E-state index in [0.717, 1.165) is 38.5 Å². The molecule has 308 valence electrons. The van der Waals surface area contributed by atoms with Crippen molar-refractivity contribution in [2.45, 2.75) is 250 Å². The molecule has 0 saturated carbocycles. The molecule has 52 heavy (non-hydrogen) atoms. The predicted molar refractivity (Wildman–Crippen MR) is 215 cm³/mol. The summed E-state index contributed by atoms with van der Waals surface area (Å²) in [4.78, 5) is 28.1. The number of rotatable bonds is 35. The molecule has 1 aliphatic rings. The lowest BCUT2D eigenvalue weighted by molar-refractivity contribution is -0.231. The Hall–Kier alpha value is -1.26. The van der Waals surface area contributed by atoms with E-state index in [4.69, 9.17) is 10.5 Å². The Balaban J connectivity index is 2.56. The van der Waals surface area contributed by atoms with Gasteiger partial charge in [0.1, 0.15) is 24.4 Å². The second-order valence-electron chi connectivity index (χ2n) is 15.9.